The first-order chi connectivity index (χ1) is 24.4. The molecule has 7 heteroatoms. The minimum absolute atomic E-state index is 0. The molecule has 0 spiro atoms. The van der Waals surface area contributed by atoms with Crippen molar-refractivity contribution in [2.24, 2.45) is 0 Å². The van der Waals surface area contributed by atoms with Gasteiger partial charge < -0.3 is 9.52 Å². The van der Waals surface area contributed by atoms with Crippen LogP contribution < -0.4 is 0 Å². The van der Waals surface area contributed by atoms with Gasteiger partial charge in [-0.1, -0.05) is 113 Å². The van der Waals surface area contributed by atoms with Gasteiger partial charge in [-0.25, -0.2) is 4.98 Å². The summed E-state index contributed by atoms with van der Waals surface area (Å²) in [7, 11) is 0. The Morgan fingerprint density at radius 2 is 1.54 bits per heavy atom. The van der Waals surface area contributed by atoms with E-state index in [4.69, 9.17) is 9.40 Å². The normalized spacial score (nSPS) is 11.9. The fraction of sp³-hybridized carbons (Fsp3) is 0.178. The summed E-state index contributed by atoms with van der Waals surface area (Å²) in [5.74, 6) is 0.879. The zero-order valence-electron chi connectivity index (χ0n) is 29.9. The van der Waals surface area contributed by atoms with Crippen LogP contribution >= 0.6 is 0 Å². The van der Waals surface area contributed by atoms with E-state index >= 15 is 0 Å². The van der Waals surface area contributed by atoms with Gasteiger partial charge in [0.05, 0.1) is 28.2 Å². The van der Waals surface area contributed by atoms with Gasteiger partial charge in [0.1, 0.15) is 17.2 Å². The van der Waals surface area contributed by atoms with Crippen LogP contribution in [0.1, 0.15) is 58.2 Å². The maximum atomic E-state index is 12.1. The first-order valence-corrected chi connectivity index (χ1v) is 17.1. The molecular formula is C45H37N4O2Pt-. The molecule has 0 aliphatic carbocycles. The predicted octanol–water partition coefficient (Wildman–Crippen LogP) is 11.3. The zero-order valence-corrected chi connectivity index (χ0v) is 32.1. The van der Waals surface area contributed by atoms with E-state index in [0.717, 1.165) is 55.3 Å². The third-order valence-electron chi connectivity index (χ3n) is 9.57. The second kappa shape index (κ2) is 12.9. The molecule has 52 heavy (non-hydrogen) atoms. The van der Waals surface area contributed by atoms with Crippen molar-refractivity contribution in [1.29, 1.82) is 5.26 Å². The molecule has 5 aromatic carbocycles. The Balaban J connectivity index is 0.00000420. The molecule has 0 amide bonds. The van der Waals surface area contributed by atoms with Gasteiger partial charge >= 0.3 is 0 Å². The van der Waals surface area contributed by atoms with Crippen molar-refractivity contribution in [3.63, 3.8) is 0 Å². The summed E-state index contributed by atoms with van der Waals surface area (Å²) < 4.78 is 8.55. The van der Waals surface area contributed by atoms with Crippen LogP contribution in [0.2, 0.25) is 0 Å². The fourth-order valence-electron chi connectivity index (χ4n) is 6.87. The van der Waals surface area contributed by atoms with Gasteiger partial charge in [0, 0.05) is 55.2 Å². The van der Waals surface area contributed by atoms with Gasteiger partial charge in [0.2, 0.25) is 0 Å². The third-order valence-corrected chi connectivity index (χ3v) is 9.57. The Morgan fingerprint density at radius 1 is 0.788 bits per heavy atom. The number of pyridine rings is 1. The maximum Gasteiger partial charge on any atom is 0.148 e. The number of hydrogen-bond donors (Lipinski definition) is 1. The molecule has 3 heterocycles. The molecule has 1 N–H and O–H groups in total. The summed E-state index contributed by atoms with van der Waals surface area (Å²) in [6, 6.07) is 39.9. The molecule has 3 aromatic heterocycles. The molecule has 0 saturated carbocycles. The quantitative estimate of drug-likeness (QED) is 0.178. The monoisotopic (exact) mass is 860 g/mol. The van der Waals surface area contributed by atoms with Gasteiger partial charge in [-0.3, -0.25) is 9.55 Å². The molecule has 8 rings (SSSR count). The Kier molecular flexibility index (Phi) is 8.68. The van der Waals surface area contributed by atoms with E-state index in [1.807, 2.05) is 42.5 Å². The number of nitriles is 1. The summed E-state index contributed by atoms with van der Waals surface area (Å²) in [5, 5.41) is 23.7. The van der Waals surface area contributed by atoms with Gasteiger partial charge in [-0.05, 0) is 58.2 Å². The van der Waals surface area contributed by atoms with Crippen LogP contribution in [0.4, 0.5) is 0 Å². The summed E-state index contributed by atoms with van der Waals surface area (Å²) in [6.45, 7) is 13.0. The molecule has 0 saturated heterocycles. The average Bonchev–Trinajstić information content (AvgIpc) is 3.69. The number of nitrogens with zero attached hydrogens (tertiary/aromatic N) is 4. The summed E-state index contributed by atoms with van der Waals surface area (Å²) in [5.41, 5.74) is 9.66. The molecule has 0 aliphatic rings. The van der Waals surface area contributed by atoms with Crippen LogP contribution in [0.5, 0.6) is 5.75 Å². The van der Waals surface area contributed by atoms with Crippen LogP contribution in [0.25, 0.3) is 72.4 Å². The van der Waals surface area contributed by atoms with E-state index in [9.17, 15) is 10.4 Å². The number of para-hydroxylation sites is 3. The van der Waals surface area contributed by atoms with Crippen molar-refractivity contribution in [3.8, 4) is 51.3 Å². The van der Waals surface area contributed by atoms with E-state index in [1.54, 1.807) is 18.3 Å². The molecule has 0 bridgehead atoms. The largest absolute Gasteiger partial charge is 0.507 e. The van der Waals surface area contributed by atoms with Crippen molar-refractivity contribution >= 4 is 33.0 Å². The Bertz CT molecular complexity index is 2690. The number of hydrogen-bond acceptors (Lipinski definition) is 5. The third kappa shape index (κ3) is 5.90. The number of phenolic OH excluding ortho intramolecular Hbond substituents is 1. The van der Waals surface area contributed by atoms with E-state index in [0.29, 0.717) is 33.8 Å². The molecule has 0 fully saturated rings. The van der Waals surface area contributed by atoms with Crippen LogP contribution in [0.15, 0.2) is 114 Å². The standard InChI is InChI=1S/C45H37N4O2.Pt/c1-44(2,3)29-24-35(41(50)36(25-29)45(4,5)6)43-48-40-31(16-12-17-38(40)49(43)30-13-8-7-9-14-30)28-22-33-32-15-10-11-18-39(32)51-42(33)34(23-28)37-21-27(26-46)19-20-47-37;/h7-22,24-25,50H,1-6H3;/q-1;. The minimum Gasteiger partial charge on any atom is -0.507 e. The van der Waals surface area contributed by atoms with Crippen molar-refractivity contribution in [2.45, 2.75) is 52.4 Å². The summed E-state index contributed by atoms with van der Waals surface area (Å²) in [4.78, 5) is 10.1. The Morgan fingerprint density at radius 3 is 2.27 bits per heavy atom. The van der Waals surface area contributed by atoms with Gasteiger partial charge in [0.25, 0.3) is 0 Å². The number of aromatic nitrogens is 3. The zero-order chi connectivity index (χ0) is 35.7. The molecule has 8 aromatic rings. The van der Waals surface area contributed by atoms with E-state index < -0.39 is 0 Å². The van der Waals surface area contributed by atoms with Crippen LogP contribution in [0.3, 0.4) is 0 Å². The van der Waals surface area contributed by atoms with E-state index in [-0.39, 0.29) is 37.6 Å². The van der Waals surface area contributed by atoms with Crippen molar-refractivity contribution in [1.82, 2.24) is 14.5 Å². The van der Waals surface area contributed by atoms with Gasteiger partial charge in [0.15, 0.2) is 0 Å². The summed E-state index contributed by atoms with van der Waals surface area (Å²) >= 11 is 0. The number of benzene rings is 5. The van der Waals surface area contributed by atoms with Crippen LogP contribution in [0, 0.1) is 17.4 Å². The fourth-order valence-corrected chi connectivity index (χ4v) is 6.87. The Labute approximate surface area is 317 Å². The van der Waals surface area contributed by atoms with Crippen LogP contribution in [-0.2, 0) is 31.9 Å². The second-order valence-electron chi connectivity index (χ2n) is 15.1. The smallest absolute Gasteiger partial charge is 0.148 e. The topological polar surface area (TPSA) is 87.9 Å². The average molecular weight is 861 g/mol. The van der Waals surface area contributed by atoms with E-state index in [1.165, 1.54) is 0 Å². The number of imidazole rings is 1. The molecule has 260 valence electrons. The number of furan rings is 1. The maximum absolute atomic E-state index is 12.1. The molecule has 0 aliphatic heterocycles. The summed E-state index contributed by atoms with van der Waals surface area (Å²) in [6.07, 6.45) is 1.64. The Hall–Kier alpha value is -5.50. The predicted molar refractivity (Wildman–Crippen MR) is 205 cm³/mol. The molecular weight excluding hydrogens is 824 g/mol. The molecule has 0 radical (unpaired) electrons. The number of aromatic hydroxyl groups is 1. The van der Waals surface area contributed by atoms with E-state index in [2.05, 4.69) is 112 Å². The minimum atomic E-state index is -0.306. The van der Waals surface area contributed by atoms with Crippen molar-refractivity contribution < 1.29 is 30.6 Å². The number of phenols is 1. The molecule has 6 nitrogen and oxygen atoms in total. The SMILES string of the molecule is CC(C)(C)c1cc(-c2nc3c(-c4[c-]c(-c5cc(C#N)ccn5)c5oc6ccccc6c5c4)cccc3n2-c2ccccc2)c(O)c(C(C)(C)C)c1.[Pt]. The first kappa shape index (κ1) is 34.9. The van der Waals surface area contributed by atoms with Gasteiger partial charge in [-0.15, -0.1) is 17.7 Å². The number of rotatable bonds is 4. The van der Waals surface area contributed by atoms with Crippen LogP contribution in [-0.4, -0.2) is 19.6 Å². The van der Waals surface area contributed by atoms with Gasteiger partial charge in [-0.2, -0.15) is 5.26 Å². The second-order valence-corrected chi connectivity index (χ2v) is 15.1. The van der Waals surface area contributed by atoms with Crippen molar-refractivity contribution in [2.75, 3.05) is 0 Å². The van der Waals surface area contributed by atoms with Crippen molar-refractivity contribution in [3.05, 3.63) is 132 Å². The molecule has 0 unspecified atom stereocenters. The number of fused-ring (bicyclic) bond motifs is 4. The molecule has 0 atom stereocenters. The first-order valence-electron chi connectivity index (χ1n) is 17.1.